The number of hydrogen-bond donors (Lipinski definition) is 1. The van der Waals surface area contributed by atoms with Crippen molar-refractivity contribution < 1.29 is 0 Å². The second-order valence-electron chi connectivity index (χ2n) is 7.37. The van der Waals surface area contributed by atoms with Crippen molar-refractivity contribution in [2.24, 2.45) is 11.3 Å². The average Bonchev–Trinajstić information content (AvgIpc) is 2.49. The highest BCUT2D eigenvalue weighted by Gasteiger charge is 2.37. The van der Waals surface area contributed by atoms with Gasteiger partial charge in [-0.3, -0.25) is 0 Å². The molecule has 1 aliphatic carbocycles. The summed E-state index contributed by atoms with van der Waals surface area (Å²) in [4.78, 5) is 0. The Kier molecular flexibility index (Phi) is 5.87. The normalized spacial score (nSPS) is 23.0. The Labute approximate surface area is 131 Å². The Bertz CT molecular complexity index is 418. The van der Waals surface area contributed by atoms with E-state index in [1.165, 1.54) is 43.2 Å². The largest absolute Gasteiger partial charge is 0.310 e. The predicted octanol–water partition coefficient (Wildman–Crippen LogP) is 5.51. The molecular weight excluding hydrogens is 254 g/mol. The van der Waals surface area contributed by atoms with Crippen molar-refractivity contribution in [3.63, 3.8) is 0 Å². The Balaban J connectivity index is 2.23. The van der Waals surface area contributed by atoms with Crippen LogP contribution in [-0.4, -0.2) is 6.54 Å². The Morgan fingerprint density at radius 1 is 1.14 bits per heavy atom. The number of aryl methyl sites for hydroxylation is 1. The highest BCUT2D eigenvalue weighted by Crippen LogP contribution is 2.46. The SMILES string of the molecule is CCCNC(c1ccc(CC)cc1)C1CCCCC1(C)C. The monoisotopic (exact) mass is 287 g/mol. The maximum absolute atomic E-state index is 3.85. The molecule has 0 saturated heterocycles. The first-order valence-corrected chi connectivity index (χ1v) is 8.90. The minimum atomic E-state index is 0.451. The summed E-state index contributed by atoms with van der Waals surface area (Å²) in [5.74, 6) is 0.755. The molecule has 0 heterocycles. The number of nitrogens with one attached hydrogen (secondary N) is 1. The van der Waals surface area contributed by atoms with Gasteiger partial charge in [0.05, 0.1) is 0 Å². The van der Waals surface area contributed by atoms with Gasteiger partial charge >= 0.3 is 0 Å². The molecule has 0 aliphatic heterocycles. The third-order valence-electron chi connectivity index (χ3n) is 5.35. The van der Waals surface area contributed by atoms with Crippen molar-refractivity contribution in [3.05, 3.63) is 35.4 Å². The van der Waals surface area contributed by atoms with E-state index >= 15 is 0 Å². The Hall–Kier alpha value is -0.820. The minimum absolute atomic E-state index is 0.451. The van der Waals surface area contributed by atoms with Crippen LogP contribution >= 0.6 is 0 Å². The van der Waals surface area contributed by atoms with Gasteiger partial charge < -0.3 is 5.32 Å². The van der Waals surface area contributed by atoms with E-state index in [1.54, 1.807) is 0 Å². The van der Waals surface area contributed by atoms with Gasteiger partial charge in [-0.2, -0.15) is 0 Å². The molecule has 1 nitrogen and oxygen atoms in total. The highest BCUT2D eigenvalue weighted by atomic mass is 14.9. The quantitative estimate of drug-likeness (QED) is 0.728. The fraction of sp³-hybridized carbons (Fsp3) is 0.700. The molecule has 2 rings (SSSR count). The second-order valence-corrected chi connectivity index (χ2v) is 7.37. The molecule has 1 aliphatic rings. The summed E-state index contributed by atoms with van der Waals surface area (Å²) in [6.07, 6.45) is 7.86. The van der Waals surface area contributed by atoms with Crippen LogP contribution in [0.2, 0.25) is 0 Å². The molecule has 2 atom stereocenters. The summed E-state index contributed by atoms with van der Waals surface area (Å²) in [6.45, 7) is 10.5. The fourth-order valence-electron chi connectivity index (χ4n) is 3.89. The lowest BCUT2D eigenvalue weighted by molar-refractivity contribution is 0.0982. The van der Waals surface area contributed by atoms with E-state index in [0.717, 1.165) is 18.9 Å². The molecule has 1 fully saturated rings. The fourth-order valence-corrected chi connectivity index (χ4v) is 3.89. The third-order valence-corrected chi connectivity index (χ3v) is 5.35. The van der Waals surface area contributed by atoms with Crippen LogP contribution in [0.3, 0.4) is 0 Å². The maximum atomic E-state index is 3.85. The molecule has 0 radical (unpaired) electrons. The van der Waals surface area contributed by atoms with E-state index in [4.69, 9.17) is 0 Å². The molecule has 0 spiro atoms. The average molecular weight is 287 g/mol. The molecular formula is C20H33N. The maximum Gasteiger partial charge on any atom is 0.0353 e. The molecule has 1 heteroatoms. The van der Waals surface area contributed by atoms with Crippen LogP contribution < -0.4 is 5.32 Å². The zero-order chi connectivity index (χ0) is 15.3. The van der Waals surface area contributed by atoms with Crippen molar-refractivity contribution in [2.45, 2.75) is 72.3 Å². The lowest BCUT2D eigenvalue weighted by Crippen LogP contribution is -2.39. The van der Waals surface area contributed by atoms with Gasteiger partial charge in [-0.05, 0) is 54.7 Å². The molecule has 21 heavy (non-hydrogen) atoms. The van der Waals surface area contributed by atoms with Gasteiger partial charge in [-0.15, -0.1) is 0 Å². The van der Waals surface area contributed by atoms with Gasteiger partial charge in [-0.25, -0.2) is 0 Å². The molecule has 1 aromatic carbocycles. The van der Waals surface area contributed by atoms with Crippen LogP contribution in [0, 0.1) is 11.3 Å². The molecule has 1 saturated carbocycles. The lowest BCUT2D eigenvalue weighted by atomic mass is 9.64. The van der Waals surface area contributed by atoms with Gasteiger partial charge in [0.15, 0.2) is 0 Å². The summed E-state index contributed by atoms with van der Waals surface area (Å²) < 4.78 is 0. The zero-order valence-electron chi connectivity index (χ0n) is 14.4. The van der Waals surface area contributed by atoms with Crippen molar-refractivity contribution >= 4 is 0 Å². The van der Waals surface area contributed by atoms with E-state index in [2.05, 4.69) is 57.3 Å². The summed E-state index contributed by atoms with van der Waals surface area (Å²) in [5, 5.41) is 3.85. The predicted molar refractivity (Wildman–Crippen MR) is 92.6 cm³/mol. The van der Waals surface area contributed by atoms with Crippen molar-refractivity contribution in [1.82, 2.24) is 5.32 Å². The van der Waals surface area contributed by atoms with Gasteiger partial charge in [0.2, 0.25) is 0 Å². The molecule has 0 amide bonds. The summed E-state index contributed by atoms with van der Waals surface area (Å²) in [7, 11) is 0. The van der Waals surface area contributed by atoms with Gasteiger partial charge in [0.25, 0.3) is 0 Å². The highest BCUT2D eigenvalue weighted by molar-refractivity contribution is 5.26. The number of rotatable bonds is 6. The molecule has 0 bridgehead atoms. The standard InChI is InChI=1S/C20H33N/c1-5-15-21-19(17-12-10-16(6-2)11-13-17)18-9-7-8-14-20(18,3)4/h10-13,18-19,21H,5-9,14-15H2,1-4H3. The van der Waals surface area contributed by atoms with E-state index < -0.39 is 0 Å². The van der Waals surface area contributed by atoms with E-state index in [1.807, 2.05) is 0 Å². The Morgan fingerprint density at radius 2 is 1.86 bits per heavy atom. The van der Waals surface area contributed by atoms with Crippen LogP contribution in [0.4, 0.5) is 0 Å². The lowest BCUT2D eigenvalue weighted by Gasteiger charge is -2.44. The van der Waals surface area contributed by atoms with Gasteiger partial charge in [0, 0.05) is 6.04 Å². The first-order chi connectivity index (χ1) is 10.1. The van der Waals surface area contributed by atoms with Crippen molar-refractivity contribution in [1.29, 1.82) is 0 Å². The first-order valence-electron chi connectivity index (χ1n) is 8.90. The first kappa shape index (κ1) is 16.5. The summed E-state index contributed by atoms with van der Waals surface area (Å²) in [6, 6.07) is 9.86. The van der Waals surface area contributed by atoms with Gasteiger partial charge in [0.1, 0.15) is 0 Å². The number of benzene rings is 1. The van der Waals surface area contributed by atoms with Gasteiger partial charge in [-0.1, -0.05) is 64.8 Å². The molecule has 2 unspecified atom stereocenters. The van der Waals surface area contributed by atoms with Crippen LogP contribution in [0.1, 0.15) is 77.0 Å². The summed E-state index contributed by atoms with van der Waals surface area (Å²) >= 11 is 0. The van der Waals surface area contributed by atoms with Crippen LogP contribution in [0.5, 0.6) is 0 Å². The topological polar surface area (TPSA) is 12.0 Å². The third kappa shape index (κ3) is 4.10. The van der Waals surface area contributed by atoms with E-state index in [0.29, 0.717) is 11.5 Å². The molecule has 0 aromatic heterocycles. The van der Waals surface area contributed by atoms with E-state index in [9.17, 15) is 0 Å². The smallest absolute Gasteiger partial charge is 0.0353 e. The number of hydrogen-bond acceptors (Lipinski definition) is 1. The van der Waals surface area contributed by atoms with Crippen molar-refractivity contribution in [2.75, 3.05) is 6.54 Å². The minimum Gasteiger partial charge on any atom is -0.310 e. The van der Waals surface area contributed by atoms with Crippen LogP contribution in [0.15, 0.2) is 24.3 Å². The zero-order valence-corrected chi connectivity index (χ0v) is 14.4. The van der Waals surface area contributed by atoms with Crippen LogP contribution in [0.25, 0.3) is 0 Å². The molecule has 1 aromatic rings. The van der Waals surface area contributed by atoms with E-state index in [-0.39, 0.29) is 0 Å². The summed E-state index contributed by atoms with van der Waals surface area (Å²) in [5.41, 5.74) is 3.38. The molecule has 118 valence electrons. The van der Waals surface area contributed by atoms with Crippen LogP contribution in [-0.2, 0) is 6.42 Å². The van der Waals surface area contributed by atoms with Crippen molar-refractivity contribution in [3.8, 4) is 0 Å². The molecule has 1 N–H and O–H groups in total. The second kappa shape index (κ2) is 7.45. The Morgan fingerprint density at radius 3 is 2.43 bits per heavy atom.